The highest BCUT2D eigenvalue weighted by molar-refractivity contribution is 5.94. The van der Waals surface area contributed by atoms with Crippen LogP contribution in [0.15, 0.2) is 67.4 Å². The minimum atomic E-state index is -0.252. The van der Waals surface area contributed by atoms with E-state index in [4.69, 9.17) is 0 Å². The quantitative estimate of drug-likeness (QED) is 0.472. The van der Waals surface area contributed by atoms with E-state index in [2.05, 4.69) is 24.9 Å². The van der Waals surface area contributed by atoms with E-state index in [1.807, 2.05) is 23.2 Å². The Labute approximate surface area is 197 Å². The van der Waals surface area contributed by atoms with Gasteiger partial charge in [-0.3, -0.25) is 14.8 Å². The van der Waals surface area contributed by atoms with Crippen LogP contribution < -0.4 is 0 Å². The summed E-state index contributed by atoms with van der Waals surface area (Å²) in [6.45, 7) is 1.44. The molecule has 7 nitrogen and oxygen atoms in total. The van der Waals surface area contributed by atoms with Gasteiger partial charge in [0.2, 0.25) is 0 Å². The summed E-state index contributed by atoms with van der Waals surface area (Å²) in [5.41, 5.74) is 4.12. The summed E-state index contributed by atoms with van der Waals surface area (Å²) in [6, 6.07) is 10.1. The van der Waals surface area contributed by atoms with Crippen molar-refractivity contribution in [3.8, 4) is 11.5 Å². The van der Waals surface area contributed by atoms with Gasteiger partial charge in [-0.2, -0.15) is 0 Å². The van der Waals surface area contributed by atoms with Crippen LogP contribution >= 0.6 is 0 Å². The summed E-state index contributed by atoms with van der Waals surface area (Å²) < 4.78 is 13.1. The van der Waals surface area contributed by atoms with Crippen LogP contribution in [-0.2, 0) is 12.8 Å². The molecule has 1 aromatic carbocycles. The van der Waals surface area contributed by atoms with E-state index in [0.29, 0.717) is 23.7 Å². The molecule has 0 aliphatic carbocycles. The van der Waals surface area contributed by atoms with Crippen LogP contribution in [0.25, 0.3) is 11.5 Å². The van der Waals surface area contributed by atoms with E-state index >= 15 is 0 Å². The standard InChI is InChI=1S/C26H25FN6O/c27-21-4-1-18(2-5-21)13-22-6-3-20(15-30-22)26(34)33-11-7-19(8-12-33)14-23-16-32-24(17-31-23)25-28-9-10-29-25/h1-6,9-10,15-17,19H,7-8,11-14H2,(H,28,29). The summed E-state index contributed by atoms with van der Waals surface area (Å²) in [6.07, 6.45) is 12.0. The monoisotopic (exact) mass is 456 g/mol. The normalized spacial score (nSPS) is 14.3. The summed E-state index contributed by atoms with van der Waals surface area (Å²) in [5, 5.41) is 0. The molecule has 172 valence electrons. The number of benzene rings is 1. The molecule has 0 bridgehead atoms. The van der Waals surface area contributed by atoms with Gasteiger partial charge in [0, 0.05) is 50.0 Å². The lowest BCUT2D eigenvalue weighted by atomic mass is 9.92. The van der Waals surface area contributed by atoms with E-state index in [1.54, 1.807) is 36.9 Å². The molecule has 1 aliphatic heterocycles. The number of nitrogens with one attached hydrogen (secondary N) is 1. The van der Waals surface area contributed by atoms with Crippen LogP contribution in [0.2, 0.25) is 0 Å². The van der Waals surface area contributed by atoms with E-state index in [0.717, 1.165) is 55.0 Å². The average Bonchev–Trinajstić information content (AvgIpc) is 3.42. The molecule has 1 fully saturated rings. The van der Waals surface area contributed by atoms with Gasteiger partial charge in [0.1, 0.15) is 11.5 Å². The molecule has 1 saturated heterocycles. The fourth-order valence-electron chi connectivity index (χ4n) is 4.27. The first kappa shape index (κ1) is 21.9. The zero-order valence-corrected chi connectivity index (χ0v) is 18.7. The molecule has 0 saturated carbocycles. The lowest BCUT2D eigenvalue weighted by Crippen LogP contribution is -2.39. The third kappa shape index (κ3) is 5.17. The number of piperidine rings is 1. The van der Waals surface area contributed by atoms with E-state index in [1.165, 1.54) is 12.1 Å². The third-order valence-corrected chi connectivity index (χ3v) is 6.22. The SMILES string of the molecule is O=C(c1ccc(Cc2ccc(F)cc2)nc1)N1CCC(Cc2cnc(-c3ncc[nH]3)cn2)CC1. The number of hydrogen-bond acceptors (Lipinski definition) is 5. The summed E-state index contributed by atoms with van der Waals surface area (Å²) in [7, 11) is 0. The summed E-state index contributed by atoms with van der Waals surface area (Å²) in [5.74, 6) is 0.951. The summed E-state index contributed by atoms with van der Waals surface area (Å²) in [4.78, 5) is 35.5. The first-order valence-electron chi connectivity index (χ1n) is 11.4. The van der Waals surface area contributed by atoms with Crippen molar-refractivity contribution in [1.29, 1.82) is 0 Å². The molecule has 0 spiro atoms. The van der Waals surface area contributed by atoms with Crippen LogP contribution in [0.4, 0.5) is 4.39 Å². The molecule has 0 unspecified atom stereocenters. The van der Waals surface area contributed by atoms with Gasteiger partial charge < -0.3 is 9.88 Å². The van der Waals surface area contributed by atoms with Gasteiger partial charge in [0.25, 0.3) is 5.91 Å². The van der Waals surface area contributed by atoms with Gasteiger partial charge in [0.05, 0.1) is 17.5 Å². The highest BCUT2D eigenvalue weighted by Crippen LogP contribution is 2.23. The molecule has 4 aromatic rings. The molecular weight excluding hydrogens is 431 g/mol. The highest BCUT2D eigenvalue weighted by Gasteiger charge is 2.24. The Bertz CT molecular complexity index is 1220. The topological polar surface area (TPSA) is 87.7 Å². The fraction of sp³-hybridized carbons (Fsp3) is 0.269. The molecule has 1 aliphatic rings. The number of carbonyl (C=O) groups excluding carboxylic acids is 1. The van der Waals surface area contributed by atoms with Gasteiger partial charge in [-0.05, 0) is 55.0 Å². The van der Waals surface area contributed by atoms with Gasteiger partial charge in [0.15, 0.2) is 5.82 Å². The Morgan fingerprint density at radius 2 is 1.74 bits per heavy atom. The van der Waals surface area contributed by atoms with Crippen LogP contribution in [0, 0.1) is 11.7 Å². The van der Waals surface area contributed by atoms with Crippen molar-refractivity contribution >= 4 is 5.91 Å². The minimum Gasteiger partial charge on any atom is -0.343 e. The van der Waals surface area contributed by atoms with Crippen molar-refractivity contribution < 1.29 is 9.18 Å². The van der Waals surface area contributed by atoms with Crippen molar-refractivity contribution in [2.45, 2.75) is 25.7 Å². The molecule has 1 amide bonds. The molecule has 5 rings (SSSR count). The zero-order chi connectivity index (χ0) is 23.3. The Morgan fingerprint density at radius 3 is 2.38 bits per heavy atom. The summed E-state index contributed by atoms with van der Waals surface area (Å²) >= 11 is 0. The molecular formula is C26H25FN6O. The average molecular weight is 457 g/mol. The van der Waals surface area contributed by atoms with Gasteiger partial charge >= 0.3 is 0 Å². The Balaban J connectivity index is 1.12. The number of amides is 1. The Hall–Kier alpha value is -3.94. The first-order valence-corrected chi connectivity index (χ1v) is 11.4. The van der Waals surface area contributed by atoms with E-state index in [9.17, 15) is 9.18 Å². The maximum Gasteiger partial charge on any atom is 0.255 e. The van der Waals surface area contributed by atoms with Gasteiger partial charge in [-0.15, -0.1) is 0 Å². The second kappa shape index (κ2) is 9.91. The third-order valence-electron chi connectivity index (χ3n) is 6.22. The predicted molar refractivity (Wildman–Crippen MR) is 125 cm³/mol. The number of aromatic amines is 1. The number of halogens is 1. The number of likely N-dealkylation sites (tertiary alicyclic amines) is 1. The van der Waals surface area contributed by atoms with Gasteiger partial charge in [-0.25, -0.2) is 14.4 Å². The van der Waals surface area contributed by atoms with Crippen molar-refractivity contribution in [3.63, 3.8) is 0 Å². The number of rotatable bonds is 6. The Kier molecular flexibility index (Phi) is 6.38. The number of imidazole rings is 1. The predicted octanol–water partition coefficient (Wildman–Crippen LogP) is 4.09. The number of hydrogen-bond donors (Lipinski definition) is 1. The van der Waals surface area contributed by atoms with Crippen molar-refractivity contribution in [2.75, 3.05) is 13.1 Å². The molecule has 3 aromatic heterocycles. The number of nitrogens with zero attached hydrogens (tertiary/aromatic N) is 5. The lowest BCUT2D eigenvalue weighted by Gasteiger charge is -2.32. The van der Waals surface area contributed by atoms with Crippen molar-refractivity contribution in [2.24, 2.45) is 5.92 Å². The molecule has 4 heterocycles. The second-order valence-electron chi connectivity index (χ2n) is 8.61. The van der Waals surface area contributed by atoms with Crippen LogP contribution in [-0.4, -0.2) is 48.8 Å². The van der Waals surface area contributed by atoms with Crippen LogP contribution in [0.3, 0.4) is 0 Å². The van der Waals surface area contributed by atoms with Crippen molar-refractivity contribution in [1.82, 2.24) is 29.8 Å². The highest BCUT2D eigenvalue weighted by atomic mass is 19.1. The second-order valence-corrected chi connectivity index (χ2v) is 8.61. The molecule has 34 heavy (non-hydrogen) atoms. The zero-order valence-electron chi connectivity index (χ0n) is 18.7. The van der Waals surface area contributed by atoms with E-state index < -0.39 is 0 Å². The van der Waals surface area contributed by atoms with Crippen LogP contribution in [0.1, 0.15) is 40.2 Å². The van der Waals surface area contributed by atoms with Crippen molar-refractivity contribution in [3.05, 3.63) is 95.7 Å². The minimum absolute atomic E-state index is 0.0156. The molecule has 0 radical (unpaired) electrons. The molecule has 1 N–H and O–H groups in total. The number of H-pyrrole nitrogens is 1. The lowest BCUT2D eigenvalue weighted by molar-refractivity contribution is 0.0689. The first-order chi connectivity index (χ1) is 16.6. The number of aromatic nitrogens is 5. The number of pyridine rings is 1. The van der Waals surface area contributed by atoms with E-state index in [-0.39, 0.29) is 11.7 Å². The molecule has 8 heteroatoms. The Morgan fingerprint density at radius 1 is 0.941 bits per heavy atom. The van der Waals surface area contributed by atoms with Crippen LogP contribution in [0.5, 0.6) is 0 Å². The smallest absolute Gasteiger partial charge is 0.255 e. The maximum atomic E-state index is 13.1. The molecule has 0 atom stereocenters. The fourth-order valence-corrected chi connectivity index (χ4v) is 4.27. The van der Waals surface area contributed by atoms with Gasteiger partial charge in [-0.1, -0.05) is 12.1 Å². The largest absolute Gasteiger partial charge is 0.343 e. The number of carbonyl (C=O) groups is 1. The maximum absolute atomic E-state index is 13.1.